The molecule has 2 atom stereocenters. The fraction of sp³-hybridized carbons (Fsp3) is 0.700. The van der Waals surface area contributed by atoms with Crippen LogP contribution in [0.3, 0.4) is 0 Å². The van der Waals surface area contributed by atoms with Crippen LogP contribution >= 0.6 is 0 Å². The van der Waals surface area contributed by atoms with E-state index < -0.39 is 0 Å². The van der Waals surface area contributed by atoms with Gasteiger partial charge >= 0.3 is 0 Å². The molecule has 0 aromatic carbocycles. The van der Waals surface area contributed by atoms with Crippen LogP contribution in [0.5, 0.6) is 0 Å². The Bertz CT molecular complexity index is 207. The second kappa shape index (κ2) is 3.92. The van der Waals surface area contributed by atoms with Crippen molar-refractivity contribution in [2.75, 3.05) is 13.2 Å². The Labute approximate surface area is 79.2 Å². The summed E-state index contributed by atoms with van der Waals surface area (Å²) >= 11 is 0. The van der Waals surface area contributed by atoms with E-state index in [0.717, 1.165) is 6.42 Å². The third-order valence-corrected chi connectivity index (χ3v) is 2.48. The number of nitrogens with one attached hydrogen (secondary N) is 1. The van der Waals surface area contributed by atoms with Crippen molar-refractivity contribution in [2.24, 2.45) is 5.41 Å². The van der Waals surface area contributed by atoms with Gasteiger partial charge in [-0.05, 0) is 20.3 Å². The lowest BCUT2D eigenvalue weighted by Gasteiger charge is -2.22. The fourth-order valence-corrected chi connectivity index (χ4v) is 1.29. The first-order chi connectivity index (χ1) is 6.08. The lowest BCUT2D eigenvalue weighted by Crippen LogP contribution is -2.42. The van der Waals surface area contributed by atoms with E-state index in [-0.39, 0.29) is 17.4 Å². The molecule has 3 heteroatoms. The van der Waals surface area contributed by atoms with Crippen LogP contribution in [-0.4, -0.2) is 25.2 Å². The van der Waals surface area contributed by atoms with Crippen molar-refractivity contribution in [3.8, 4) is 0 Å². The molecule has 13 heavy (non-hydrogen) atoms. The molecule has 0 aliphatic carbocycles. The lowest BCUT2D eigenvalue weighted by atomic mass is 9.89. The molecule has 1 heterocycles. The minimum Gasteiger partial charge on any atom is -0.380 e. The molecule has 1 rings (SSSR count). The molecule has 1 N–H and O–H groups in total. The van der Waals surface area contributed by atoms with Gasteiger partial charge in [-0.3, -0.25) is 4.79 Å². The van der Waals surface area contributed by atoms with Gasteiger partial charge in [0.1, 0.15) is 0 Å². The molecular formula is C10H17NO2. The van der Waals surface area contributed by atoms with Crippen molar-refractivity contribution < 1.29 is 9.53 Å². The van der Waals surface area contributed by atoms with E-state index >= 15 is 0 Å². The highest BCUT2D eigenvalue weighted by molar-refractivity contribution is 5.83. The van der Waals surface area contributed by atoms with E-state index in [1.54, 1.807) is 6.08 Å². The SMILES string of the molecule is C=CC(C)NC(=O)C1(C)CCOC1. The minimum atomic E-state index is -0.336. The normalized spacial score (nSPS) is 29.7. The van der Waals surface area contributed by atoms with Crippen LogP contribution in [0.15, 0.2) is 12.7 Å². The second-order valence-electron chi connectivity index (χ2n) is 3.86. The summed E-state index contributed by atoms with van der Waals surface area (Å²) in [4.78, 5) is 11.7. The van der Waals surface area contributed by atoms with Crippen molar-refractivity contribution >= 4 is 5.91 Å². The number of amides is 1. The van der Waals surface area contributed by atoms with Gasteiger partial charge in [0, 0.05) is 12.6 Å². The average Bonchev–Trinajstić information content (AvgIpc) is 2.53. The Hall–Kier alpha value is -0.830. The summed E-state index contributed by atoms with van der Waals surface area (Å²) in [6.07, 6.45) is 2.53. The third kappa shape index (κ3) is 2.31. The monoisotopic (exact) mass is 183 g/mol. The second-order valence-corrected chi connectivity index (χ2v) is 3.86. The summed E-state index contributed by atoms with van der Waals surface area (Å²) in [5.41, 5.74) is -0.336. The Morgan fingerprint density at radius 2 is 2.46 bits per heavy atom. The highest BCUT2D eigenvalue weighted by Gasteiger charge is 2.37. The number of rotatable bonds is 3. The molecule has 0 spiro atoms. The number of hydrogen-bond donors (Lipinski definition) is 1. The quantitative estimate of drug-likeness (QED) is 0.665. The standard InChI is InChI=1S/C10H17NO2/c1-4-8(2)11-9(12)10(3)5-6-13-7-10/h4,8H,1,5-7H2,2-3H3,(H,11,12). The van der Waals surface area contributed by atoms with E-state index in [4.69, 9.17) is 4.74 Å². The Kier molecular flexibility index (Phi) is 3.09. The molecule has 2 unspecified atom stereocenters. The first-order valence-electron chi connectivity index (χ1n) is 4.60. The van der Waals surface area contributed by atoms with Crippen molar-refractivity contribution in [3.05, 3.63) is 12.7 Å². The summed E-state index contributed by atoms with van der Waals surface area (Å²) in [7, 11) is 0. The predicted molar refractivity (Wildman–Crippen MR) is 51.3 cm³/mol. The van der Waals surface area contributed by atoms with Gasteiger partial charge in [0.25, 0.3) is 0 Å². The van der Waals surface area contributed by atoms with Crippen LogP contribution in [0.25, 0.3) is 0 Å². The van der Waals surface area contributed by atoms with Gasteiger partial charge in [-0.1, -0.05) is 6.08 Å². The van der Waals surface area contributed by atoms with Gasteiger partial charge in [0.05, 0.1) is 12.0 Å². The molecule has 0 radical (unpaired) electrons. The van der Waals surface area contributed by atoms with Crippen molar-refractivity contribution in [1.82, 2.24) is 5.32 Å². The van der Waals surface area contributed by atoms with Crippen molar-refractivity contribution in [3.63, 3.8) is 0 Å². The topological polar surface area (TPSA) is 38.3 Å². The van der Waals surface area contributed by atoms with Gasteiger partial charge in [0.15, 0.2) is 0 Å². The summed E-state index contributed by atoms with van der Waals surface area (Å²) in [5, 5.41) is 2.88. The van der Waals surface area contributed by atoms with E-state index in [2.05, 4.69) is 11.9 Å². The summed E-state index contributed by atoms with van der Waals surface area (Å²) in [5.74, 6) is 0.0670. The van der Waals surface area contributed by atoms with Crippen LogP contribution in [0, 0.1) is 5.41 Å². The zero-order valence-electron chi connectivity index (χ0n) is 8.30. The molecule has 0 aromatic rings. The maximum absolute atomic E-state index is 11.7. The highest BCUT2D eigenvalue weighted by atomic mass is 16.5. The largest absolute Gasteiger partial charge is 0.380 e. The lowest BCUT2D eigenvalue weighted by molar-refractivity contribution is -0.130. The molecular weight excluding hydrogens is 166 g/mol. The zero-order valence-corrected chi connectivity index (χ0v) is 8.30. The number of hydrogen-bond acceptors (Lipinski definition) is 2. The first kappa shape index (κ1) is 10.3. The number of carbonyl (C=O) groups excluding carboxylic acids is 1. The Balaban J connectivity index is 2.51. The molecule has 0 aromatic heterocycles. The van der Waals surface area contributed by atoms with E-state index in [9.17, 15) is 4.79 Å². The summed E-state index contributed by atoms with van der Waals surface area (Å²) in [6, 6.07) is 0.0323. The molecule has 1 amide bonds. The Morgan fingerprint density at radius 1 is 1.77 bits per heavy atom. The summed E-state index contributed by atoms with van der Waals surface area (Å²) < 4.78 is 5.21. The molecule has 0 bridgehead atoms. The van der Waals surface area contributed by atoms with Crippen molar-refractivity contribution in [2.45, 2.75) is 26.3 Å². The van der Waals surface area contributed by atoms with Gasteiger partial charge in [-0.2, -0.15) is 0 Å². The van der Waals surface area contributed by atoms with E-state index in [0.29, 0.717) is 13.2 Å². The molecule has 3 nitrogen and oxygen atoms in total. The fourth-order valence-electron chi connectivity index (χ4n) is 1.29. The minimum absolute atomic E-state index is 0.0323. The third-order valence-electron chi connectivity index (χ3n) is 2.48. The smallest absolute Gasteiger partial charge is 0.228 e. The van der Waals surface area contributed by atoms with Crippen LogP contribution in [0.4, 0.5) is 0 Å². The van der Waals surface area contributed by atoms with E-state index in [1.165, 1.54) is 0 Å². The number of carbonyl (C=O) groups is 1. The zero-order chi connectivity index (χ0) is 9.90. The highest BCUT2D eigenvalue weighted by Crippen LogP contribution is 2.27. The van der Waals surface area contributed by atoms with Crippen LogP contribution in [-0.2, 0) is 9.53 Å². The Morgan fingerprint density at radius 3 is 2.92 bits per heavy atom. The molecule has 1 aliphatic heterocycles. The van der Waals surface area contributed by atoms with Gasteiger partial charge in [-0.25, -0.2) is 0 Å². The van der Waals surface area contributed by atoms with Gasteiger partial charge in [0.2, 0.25) is 5.91 Å². The maximum Gasteiger partial charge on any atom is 0.228 e. The maximum atomic E-state index is 11.7. The molecule has 0 saturated carbocycles. The van der Waals surface area contributed by atoms with Crippen LogP contribution in [0.1, 0.15) is 20.3 Å². The predicted octanol–water partition coefficient (Wildman–Crippen LogP) is 1.10. The molecule has 1 saturated heterocycles. The van der Waals surface area contributed by atoms with Crippen LogP contribution in [0.2, 0.25) is 0 Å². The molecule has 1 aliphatic rings. The molecule has 74 valence electrons. The van der Waals surface area contributed by atoms with Gasteiger partial charge in [-0.15, -0.1) is 6.58 Å². The average molecular weight is 183 g/mol. The number of ether oxygens (including phenoxy) is 1. The summed E-state index contributed by atoms with van der Waals surface area (Å²) in [6.45, 7) is 8.68. The van der Waals surface area contributed by atoms with Crippen LogP contribution < -0.4 is 5.32 Å². The first-order valence-corrected chi connectivity index (χ1v) is 4.60. The van der Waals surface area contributed by atoms with E-state index in [1.807, 2.05) is 13.8 Å². The van der Waals surface area contributed by atoms with Crippen molar-refractivity contribution in [1.29, 1.82) is 0 Å². The molecule has 1 fully saturated rings. The van der Waals surface area contributed by atoms with Gasteiger partial charge < -0.3 is 10.1 Å².